The zero-order valence-electron chi connectivity index (χ0n) is 10.5. The van der Waals surface area contributed by atoms with Gasteiger partial charge < -0.3 is 15.4 Å². The molecule has 0 aromatic heterocycles. The molecule has 1 heterocycles. The highest BCUT2D eigenvalue weighted by molar-refractivity contribution is 5.93. The zero-order chi connectivity index (χ0) is 13.8. The molecule has 2 rings (SSSR count). The first kappa shape index (κ1) is 13.3. The summed E-state index contributed by atoms with van der Waals surface area (Å²) in [6.45, 7) is 1.67. The molecule has 0 unspecified atom stereocenters. The number of ether oxygens (including phenoxy) is 1. The van der Waals surface area contributed by atoms with Crippen LogP contribution in [0.15, 0.2) is 18.2 Å². The lowest BCUT2D eigenvalue weighted by Gasteiger charge is -2.26. The first-order chi connectivity index (χ1) is 9.10. The normalized spacial score (nSPS) is 14.6. The van der Waals surface area contributed by atoms with E-state index in [-0.39, 0.29) is 11.6 Å². The maximum Gasteiger partial charge on any atom is 0.271 e. The second kappa shape index (κ2) is 5.66. The summed E-state index contributed by atoms with van der Waals surface area (Å²) in [5.74, 6) is 0.584. The van der Waals surface area contributed by atoms with Gasteiger partial charge in [0.1, 0.15) is 5.75 Å². The van der Waals surface area contributed by atoms with Crippen molar-refractivity contribution in [3.05, 3.63) is 28.3 Å². The largest absolute Gasteiger partial charge is 0.495 e. The molecule has 1 saturated heterocycles. The number of nitrogens with one attached hydrogen (secondary N) is 2. The topological polar surface area (TPSA) is 93.5 Å². The Bertz CT molecular complexity index is 500. The third kappa shape index (κ3) is 3.19. The van der Waals surface area contributed by atoms with Gasteiger partial charge in [0.15, 0.2) is 0 Å². The lowest BCUT2D eigenvalue weighted by molar-refractivity contribution is -0.384. The van der Waals surface area contributed by atoms with Gasteiger partial charge >= 0.3 is 0 Å². The van der Waals surface area contributed by atoms with Crippen molar-refractivity contribution in [2.24, 2.45) is 5.92 Å². The van der Waals surface area contributed by atoms with E-state index in [2.05, 4.69) is 10.6 Å². The molecule has 102 valence electrons. The minimum absolute atomic E-state index is 0.0820. The molecule has 2 N–H and O–H groups in total. The standard InChI is InChI=1S/C12H15N3O4/c1-19-11-3-2-9(15(17)18)5-10(11)14-12(16)4-8-6-13-7-8/h2-3,5,8,13H,4,6-7H2,1H3,(H,14,16). The summed E-state index contributed by atoms with van der Waals surface area (Å²) in [5, 5.41) is 16.5. The van der Waals surface area contributed by atoms with E-state index in [0.717, 1.165) is 13.1 Å². The van der Waals surface area contributed by atoms with Crippen molar-refractivity contribution in [1.82, 2.24) is 5.32 Å². The van der Waals surface area contributed by atoms with Gasteiger partial charge in [0.25, 0.3) is 5.69 Å². The Morgan fingerprint density at radius 1 is 1.58 bits per heavy atom. The predicted octanol–water partition coefficient (Wildman–Crippen LogP) is 1.15. The van der Waals surface area contributed by atoms with Crippen LogP contribution in [0.2, 0.25) is 0 Å². The number of benzene rings is 1. The summed E-state index contributed by atoms with van der Waals surface area (Å²) in [6, 6.07) is 4.11. The Labute approximate surface area is 110 Å². The molecule has 0 radical (unpaired) electrons. The number of rotatable bonds is 5. The molecule has 1 aliphatic rings. The van der Waals surface area contributed by atoms with E-state index in [1.54, 1.807) is 0 Å². The van der Waals surface area contributed by atoms with Crippen LogP contribution in [-0.4, -0.2) is 31.0 Å². The summed E-state index contributed by atoms with van der Waals surface area (Å²) in [5.41, 5.74) is 0.246. The molecule has 0 saturated carbocycles. The molecule has 1 aromatic carbocycles. The number of nitro groups is 1. The van der Waals surface area contributed by atoms with Crippen LogP contribution < -0.4 is 15.4 Å². The summed E-state index contributed by atoms with van der Waals surface area (Å²) in [7, 11) is 1.45. The van der Waals surface area contributed by atoms with Gasteiger partial charge in [-0.15, -0.1) is 0 Å². The maximum atomic E-state index is 11.8. The number of hydrogen-bond acceptors (Lipinski definition) is 5. The molecule has 7 heteroatoms. The van der Waals surface area contributed by atoms with Crippen LogP contribution in [0.1, 0.15) is 6.42 Å². The van der Waals surface area contributed by atoms with E-state index in [1.807, 2.05) is 0 Å². The number of carbonyl (C=O) groups is 1. The van der Waals surface area contributed by atoms with Gasteiger partial charge in [-0.3, -0.25) is 14.9 Å². The number of hydrogen-bond donors (Lipinski definition) is 2. The first-order valence-corrected chi connectivity index (χ1v) is 5.93. The van der Waals surface area contributed by atoms with Crippen molar-refractivity contribution in [3.8, 4) is 5.75 Å². The number of methoxy groups -OCH3 is 1. The fraction of sp³-hybridized carbons (Fsp3) is 0.417. The predicted molar refractivity (Wildman–Crippen MR) is 69.3 cm³/mol. The fourth-order valence-corrected chi connectivity index (χ4v) is 1.86. The molecule has 0 atom stereocenters. The van der Waals surface area contributed by atoms with Crippen LogP contribution in [0.25, 0.3) is 0 Å². The molecular formula is C12H15N3O4. The average Bonchev–Trinajstić information content (AvgIpc) is 2.33. The van der Waals surface area contributed by atoms with Crippen molar-refractivity contribution in [2.75, 3.05) is 25.5 Å². The highest BCUT2D eigenvalue weighted by atomic mass is 16.6. The van der Waals surface area contributed by atoms with E-state index >= 15 is 0 Å². The number of non-ortho nitro benzene ring substituents is 1. The summed E-state index contributed by atoms with van der Waals surface area (Å²) >= 11 is 0. The van der Waals surface area contributed by atoms with Crippen molar-refractivity contribution in [1.29, 1.82) is 0 Å². The van der Waals surface area contributed by atoms with Gasteiger partial charge in [0, 0.05) is 18.6 Å². The van der Waals surface area contributed by atoms with Gasteiger partial charge in [0.05, 0.1) is 17.7 Å². The van der Waals surface area contributed by atoms with Crippen LogP contribution in [0, 0.1) is 16.0 Å². The van der Waals surface area contributed by atoms with E-state index < -0.39 is 4.92 Å². The van der Waals surface area contributed by atoms with Crippen LogP contribution in [0.4, 0.5) is 11.4 Å². The van der Waals surface area contributed by atoms with Crippen molar-refractivity contribution >= 4 is 17.3 Å². The molecule has 1 aliphatic heterocycles. The zero-order valence-corrected chi connectivity index (χ0v) is 10.5. The minimum Gasteiger partial charge on any atom is -0.495 e. The quantitative estimate of drug-likeness (QED) is 0.615. The Hall–Kier alpha value is -2.15. The molecule has 0 bridgehead atoms. The van der Waals surface area contributed by atoms with E-state index in [9.17, 15) is 14.9 Å². The lowest BCUT2D eigenvalue weighted by atomic mass is 9.99. The van der Waals surface area contributed by atoms with E-state index in [0.29, 0.717) is 23.8 Å². The Balaban J connectivity index is 2.09. The molecule has 1 aromatic rings. The number of carbonyl (C=O) groups excluding carboxylic acids is 1. The molecule has 0 aliphatic carbocycles. The van der Waals surface area contributed by atoms with Crippen LogP contribution in [0.3, 0.4) is 0 Å². The van der Waals surface area contributed by atoms with Crippen molar-refractivity contribution < 1.29 is 14.5 Å². The second-order valence-electron chi connectivity index (χ2n) is 4.42. The summed E-state index contributed by atoms with van der Waals surface area (Å²) in [4.78, 5) is 22.0. The van der Waals surface area contributed by atoms with E-state index in [4.69, 9.17) is 4.74 Å². The van der Waals surface area contributed by atoms with Gasteiger partial charge in [-0.05, 0) is 25.1 Å². The molecule has 7 nitrogen and oxygen atoms in total. The molecular weight excluding hydrogens is 250 g/mol. The maximum absolute atomic E-state index is 11.8. The molecule has 19 heavy (non-hydrogen) atoms. The number of amides is 1. The fourth-order valence-electron chi connectivity index (χ4n) is 1.86. The SMILES string of the molecule is COc1ccc([N+](=O)[O-])cc1NC(=O)CC1CNC1. The lowest BCUT2D eigenvalue weighted by Crippen LogP contribution is -2.43. The Kier molecular flexibility index (Phi) is 3.96. The van der Waals surface area contributed by atoms with Crippen molar-refractivity contribution in [2.45, 2.75) is 6.42 Å². The highest BCUT2D eigenvalue weighted by Gasteiger charge is 2.21. The smallest absolute Gasteiger partial charge is 0.271 e. The van der Waals surface area contributed by atoms with Gasteiger partial charge in [-0.1, -0.05) is 0 Å². The number of anilines is 1. The van der Waals surface area contributed by atoms with Crippen LogP contribution in [0.5, 0.6) is 5.75 Å². The number of nitrogens with zero attached hydrogens (tertiary/aromatic N) is 1. The third-order valence-electron chi connectivity index (χ3n) is 3.01. The number of nitro benzene ring substituents is 1. The van der Waals surface area contributed by atoms with Gasteiger partial charge in [0.2, 0.25) is 5.91 Å². The Morgan fingerprint density at radius 2 is 2.32 bits per heavy atom. The summed E-state index contributed by atoms with van der Waals surface area (Å²) in [6.07, 6.45) is 0.402. The van der Waals surface area contributed by atoms with Gasteiger partial charge in [-0.25, -0.2) is 0 Å². The molecule has 1 fully saturated rings. The van der Waals surface area contributed by atoms with Crippen LogP contribution >= 0.6 is 0 Å². The third-order valence-corrected chi connectivity index (χ3v) is 3.01. The molecule has 1 amide bonds. The second-order valence-corrected chi connectivity index (χ2v) is 4.42. The van der Waals surface area contributed by atoms with Crippen LogP contribution in [-0.2, 0) is 4.79 Å². The van der Waals surface area contributed by atoms with Crippen molar-refractivity contribution in [3.63, 3.8) is 0 Å². The summed E-state index contributed by atoms with van der Waals surface area (Å²) < 4.78 is 5.08. The highest BCUT2D eigenvalue weighted by Crippen LogP contribution is 2.29. The minimum atomic E-state index is -0.509. The monoisotopic (exact) mass is 265 g/mol. The molecule has 0 spiro atoms. The van der Waals surface area contributed by atoms with Gasteiger partial charge in [-0.2, -0.15) is 0 Å². The van der Waals surface area contributed by atoms with E-state index in [1.165, 1.54) is 25.3 Å². The average molecular weight is 265 g/mol. The Morgan fingerprint density at radius 3 is 2.84 bits per heavy atom. The first-order valence-electron chi connectivity index (χ1n) is 5.93.